The zero-order valence-corrected chi connectivity index (χ0v) is 13.4. The molecule has 2 unspecified atom stereocenters. The normalized spacial score (nSPS) is 26.4. The van der Waals surface area contributed by atoms with E-state index in [1.807, 2.05) is 4.90 Å². The van der Waals surface area contributed by atoms with Crippen molar-refractivity contribution >= 4 is 5.91 Å². The highest BCUT2D eigenvalue weighted by atomic mass is 16.5. The molecule has 2 aliphatic rings. The van der Waals surface area contributed by atoms with Gasteiger partial charge in [0.2, 0.25) is 5.91 Å². The highest BCUT2D eigenvalue weighted by Crippen LogP contribution is 2.25. The molecule has 8 heteroatoms. The number of carbonyl (C=O) groups is 1. The fourth-order valence-corrected chi connectivity index (χ4v) is 3.51. The topological polar surface area (TPSA) is 89.4 Å². The van der Waals surface area contributed by atoms with Gasteiger partial charge in [-0.15, -0.1) is 0 Å². The SMILES string of the molecule is COC1COCCC1CC(=O)N1CCC(n2cn[nH]c2=O)CC1. The third kappa shape index (κ3) is 3.64. The maximum atomic E-state index is 12.5. The second kappa shape index (κ2) is 7.27. The predicted octanol–water partition coefficient (Wildman–Crippen LogP) is 0.177. The first kappa shape index (κ1) is 16.2. The Bertz CT molecular complexity index is 576. The van der Waals surface area contributed by atoms with Crippen LogP contribution in [0.5, 0.6) is 0 Å². The van der Waals surface area contributed by atoms with E-state index in [2.05, 4.69) is 10.2 Å². The molecule has 2 fully saturated rings. The van der Waals surface area contributed by atoms with Crippen LogP contribution in [0.1, 0.15) is 31.7 Å². The number of amides is 1. The molecule has 0 aromatic carbocycles. The van der Waals surface area contributed by atoms with Gasteiger partial charge in [-0.25, -0.2) is 9.89 Å². The van der Waals surface area contributed by atoms with Crippen molar-refractivity contribution in [2.24, 2.45) is 5.92 Å². The second-order valence-electron chi connectivity index (χ2n) is 6.28. The minimum atomic E-state index is -0.181. The number of piperidine rings is 1. The number of aromatic nitrogens is 3. The third-order valence-electron chi connectivity index (χ3n) is 4.97. The van der Waals surface area contributed by atoms with E-state index in [4.69, 9.17) is 9.47 Å². The summed E-state index contributed by atoms with van der Waals surface area (Å²) in [4.78, 5) is 26.0. The molecule has 2 saturated heterocycles. The quantitative estimate of drug-likeness (QED) is 0.853. The minimum absolute atomic E-state index is 0.00902. The molecule has 128 valence electrons. The van der Waals surface area contributed by atoms with E-state index >= 15 is 0 Å². The Kier molecular flexibility index (Phi) is 5.12. The van der Waals surface area contributed by atoms with Crippen molar-refractivity contribution in [3.8, 4) is 0 Å². The maximum Gasteiger partial charge on any atom is 0.343 e. The molecule has 0 radical (unpaired) electrons. The highest BCUT2D eigenvalue weighted by Gasteiger charge is 2.31. The number of ether oxygens (including phenoxy) is 2. The van der Waals surface area contributed by atoms with E-state index in [-0.39, 0.29) is 29.7 Å². The zero-order chi connectivity index (χ0) is 16.2. The number of H-pyrrole nitrogens is 1. The van der Waals surface area contributed by atoms with Gasteiger partial charge >= 0.3 is 5.69 Å². The molecule has 0 saturated carbocycles. The smallest absolute Gasteiger partial charge is 0.343 e. The van der Waals surface area contributed by atoms with Crippen LogP contribution in [-0.4, -0.2) is 65.1 Å². The van der Waals surface area contributed by atoms with Gasteiger partial charge in [-0.3, -0.25) is 9.36 Å². The summed E-state index contributed by atoms with van der Waals surface area (Å²) in [6.45, 7) is 2.63. The Balaban J connectivity index is 1.52. The number of methoxy groups -OCH3 is 1. The number of carbonyl (C=O) groups excluding carboxylic acids is 1. The number of likely N-dealkylation sites (tertiary alicyclic amines) is 1. The molecule has 2 atom stereocenters. The van der Waals surface area contributed by atoms with Crippen molar-refractivity contribution in [1.82, 2.24) is 19.7 Å². The Labute approximate surface area is 134 Å². The fourth-order valence-electron chi connectivity index (χ4n) is 3.51. The molecule has 3 rings (SSSR count). The fraction of sp³-hybridized carbons (Fsp3) is 0.800. The van der Waals surface area contributed by atoms with Gasteiger partial charge in [-0.05, 0) is 25.2 Å². The molecule has 0 bridgehead atoms. The lowest BCUT2D eigenvalue weighted by molar-refractivity contribution is -0.137. The van der Waals surface area contributed by atoms with E-state index < -0.39 is 0 Å². The summed E-state index contributed by atoms with van der Waals surface area (Å²) in [6.07, 6.45) is 4.49. The number of aromatic amines is 1. The highest BCUT2D eigenvalue weighted by molar-refractivity contribution is 5.76. The molecule has 1 N–H and O–H groups in total. The number of nitrogens with one attached hydrogen (secondary N) is 1. The summed E-state index contributed by atoms with van der Waals surface area (Å²) in [6, 6.07) is 0.125. The van der Waals surface area contributed by atoms with E-state index in [9.17, 15) is 9.59 Å². The van der Waals surface area contributed by atoms with Crippen molar-refractivity contribution in [1.29, 1.82) is 0 Å². The van der Waals surface area contributed by atoms with Crippen LogP contribution < -0.4 is 5.69 Å². The van der Waals surface area contributed by atoms with Crippen molar-refractivity contribution in [2.75, 3.05) is 33.4 Å². The summed E-state index contributed by atoms with van der Waals surface area (Å²) in [5, 5.41) is 6.18. The van der Waals surface area contributed by atoms with Gasteiger partial charge in [0.15, 0.2) is 0 Å². The van der Waals surface area contributed by atoms with Crippen LogP contribution in [-0.2, 0) is 14.3 Å². The average Bonchev–Trinajstić information content (AvgIpc) is 3.01. The van der Waals surface area contributed by atoms with E-state index in [1.165, 1.54) is 6.33 Å². The first-order chi connectivity index (χ1) is 11.2. The summed E-state index contributed by atoms with van der Waals surface area (Å²) < 4.78 is 12.5. The average molecular weight is 324 g/mol. The van der Waals surface area contributed by atoms with Crippen LogP contribution in [0.3, 0.4) is 0 Å². The Morgan fingerprint density at radius 3 is 2.87 bits per heavy atom. The molecule has 0 spiro atoms. The zero-order valence-electron chi connectivity index (χ0n) is 13.4. The Hall–Kier alpha value is -1.67. The van der Waals surface area contributed by atoms with Crippen molar-refractivity contribution in [3.05, 3.63) is 16.8 Å². The van der Waals surface area contributed by atoms with Crippen LogP contribution >= 0.6 is 0 Å². The van der Waals surface area contributed by atoms with E-state index in [0.29, 0.717) is 32.7 Å². The lowest BCUT2D eigenvalue weighted by Crippen LogP contribution is -2.43. The first-order valence-electron chi connectivity index (χ1n) is 8.19. The molecule has 0 aliphatic carbocycles. The Morgan fingerprint density at radius 1 is 1.43 bits per heavy atom. The van der Waals surface area contributed by atoms with Crippen molar-refractivity contribution < 1.29 is 14.3 Å². The molecular formula is C15H24N4O4. The molecule has 1 aromatic rings. The van der Waals surface area contributed by atoms with Gasteiger partial charge in [0, 0.05) is 39.3 Å². The third-order valence-corrected chi connectivity index (χ3v) is 4.97. The second-order valence-corrected chi connectivity index (χ2v) is 6.28. The first-order valence-corrected chi connectivity index (χ1v) is 8.19. The van der Waals surface area contributed by atoms with Crippen LogP contribution in [0, 0.1) is 5.92 Å². The van der Waals surface area contributed by atoms with Gasteiger partial charge in [-0.1, -0.05) is 0 Å². The molecule has 2 aliphatic heterocycles. The maximum absolute atomic E-state index is 12.5. The number of hydrogen-bond donors (Lipinski definition) is 1. The molecule has 1 aromatic heterocycles. The monoisotopic (exact) mass is 324 g/mol. The van der Waals surface area contributed by atoms with Crippen LogP contribution in [0.15, 0.2) is 11.1 Å². The lowest BCUT2D eigenvalue weighted by Gasteiger charge is -2.35. The minimum Gasteiger partial charge on any atom is -0.379 e. The lowest BCUT2D eigenvalue weighted by atomic mass is 9.92. The van der Waals surface area contributed by atoms with Gasteiger partial charge in [0.25, 0.3) is 0 Å². The van der Waals surface area contributed by atoms with E-state index in [1.54, 1.807) is 11.7 Å². The number of rotatable bonds is 4. The van der Waals surface area contributed by atoms with E-state index in [0.717, 1.165) is 19.3 Å². The van der Waals surface area contributed by atoms with Crippen molar-refractivity contribution in [3.63, 3.8) is 0 Å². The van der Waals surface area contributed by atoms with Gasteiger partial charge in [0.1, 0.15) is 6.33 Å². The van der Waals surface area contributed by atoms with Gasteiger partial charge in [0.05, 0.1) is 12.7 Å². The summed E-state index contributed by atoms with van der Waals surface area (Å²) in [5.74, 6) is 0.410. The number of nitrogens with zero attached hydrogens (tertiary/aromatic N) is 3. The van der Waals surface area contributed by atoms with Crippen LogP contribution in [0.2, 0.25) is 0 Å². The summed E-state index contributed by atoms with van der Waals surface area (Å²) in [7, 11) is 1.67. The molecule has 3 heterocycles. The van der Waals surface area contributed by atoms with Crippen molar-refractivity contribution in [2.45, 2.75) is 37.8 Å². The van der Waals surface area contributed by atoms with Gasteiger partial charge in [-0.2, -0.15) is 5.10 Å². The van der Waals surface area contributed by atoms with Crippen LogP contribution in [0.25, 0.3) is 0 Å². The molecule has 1 amide bonds. The van der Waals surface area contributed by atoms with Gasteiger partial charge < -0.3 is 14.4 Å². The standard InChI is InChI=1S/C15H24N4O4/c1-22-13-9-23-7-4-11(13)8-14(20)18-5-2-12(3-6-18)19-10-16-17-15(19)21/h10-13H,2-9H2,1H3,(H,17,21). The predicted molar refractivity (Wildman–Crippen MR) is 82.0 cm³/mol. The number of hydrogen-bond acceptors (Lipinski definition) is 5. The molecule has 23 heavy (non-hydrogen) atoms. The largest absolute Gasteiger partial charge is 0.379 e. The Morgan fingerprint density at radius 2 is 2.22 bits per heavy atom. The molecule has 8 nitrogen and oxygen atoms in total. The summed E-state index contributed by atoms with van der Waals surface area (Å²) >= 11 is 0. The summed E-state index contributed by atoms with van der Waals surface area (Å²) in [5.41, 5.74) is -0.181. The van der Waals surface area contributed by atoms with Crippen LogP contribution in [0.4, 0.5) is 0 Å². The molecular weight excluding hydrogens is 300 g/mol.